The molecule has 1 heterocycles. The average molecular weight is 178 g/mol. The second-order valence-electron chi connectivity index (χ2n) is 3.41. The lowest BCUT2D eigenvalue weighted by atomic mass is 9.98. The van der Waals surface area contributed by atoms with Crippen LogP contribution in [0.1, 0.15) is 12.0 Å². The monoisotopic (exact) mass is 178 g/mol. The van der Waals surface area contributed by atoms with Gasteiger partial charge in [0.1, 0.15) is 0 Å². The van der Waals surface area contributed by atoms with E-state index in [-0.39, 0.29) is 12.6 Å². The molecule has 1 atom stereocenters. The Bertz CT molecular complexity index is 301. The zero-order valence-corrected chi connectivity index (χ0v) is 7.48. The molecule has 1 aliphatic heterocycles. The number of nitrogens with zero attached hydrogens (tertiary/aromatic N) is 1. The molecule has 0 saturated heterocycles. The van der Waals surface area contributed by atoms with Gasteiger partial charge in [0, 0.05) is 0 Å². The lowest BCUT2D eigenvalue weighted by Crippen LogP contribution is -2.46. The van der Waals surface area contributed by atoms with E-state index in [1.54, 1.807) is 5.01 Å². The highest BCUT2D eigenvalue weighted by Crippen LogP contribution is 2.27. The molecule has 0 bridgehead atoms. The molecule has 3 N–H and O–H groups in total. The minimum absolute atomic E-state index is 0.0786. The highest BCUT2D eigenvalue weighted by atomic mass is 16.3. The Kier molecular flexibility index (Phi) is 2.20. The van der Waals surface area contributed by atoms with Gasteiger partial charge in [-0.2, -0.15) is 0 Å². The molecule has 0 saturated carbocycles. The van der Waals surface area contributed by atoms with E-state index in [4.69, 9.17) is 10.9 Å². The van der Waals surface area contributed by atoms with E-state index in [0.717, 1.165) is 18.5 Å². The van der Waals surface area contributed by atoms with Gasteiger partial charge in [-0.25, -0.2) is 5.84 Å². The molecule has 1 aliphatic rings. The highest BCUT2D eigenvalue weighted by Gasteiger charge is 2.22. The number of hydrogen-bond acceptors (Lipinski definition) is 3. The third-order valence-electron chi connectivity index (χ3n) is 2.62. The zero-order chi connectivity index (χ0) is 9.26. The van der Waals surface area contributed by atoms with Gasteiger partial charge in [0.05, 0.1) is 18.3 Å². The van der Waals surface area contributed by atoms with Crippen molar-refractivity contribution >= 4 is 5.69 Å². The maximum Gasteiger partial charge on any atom is 0.0686 e. The fraction of sp³-hybridized carbons (Fsp3) is 0.400. The van der Waals surface area contributed by atoms with Crippen molar-refractivity contribution in [2.45, 2.75) is 18.9 Å². The van der Waals surface area contributed by atoms with Gasteiger partial charge in [-0.05, 0) is 24.5 Å². The van der Waals surface area contributed by atoms with Gasteiger partial charge in [-0.1, -0.05) is 18.2 Å². The topological polar surface area (TPSA) is 49.5 Å². The van der Waals surface area contributed by atoms with E-state index in [1.165, 1.54) is 5.56 Å². The van der Waals surface area contributed by atoms with Gasteiger partial charge in [-0.15, -0.1) is 0 Å². The quantitative estimate of drug-likeness (QED) is 0.621. The number of aliphatic hydroxyl groups is 1. The summed E-state index contributed by atoms with van der Waals surface area (Å²) in [6.45, 7) is 0.130. The minimum atomic E-state index is 0.0786. The van der Waals surface area contributed by atoms with Gasteiger partial charge < -0.3 is 10.1 Å². The average Bonchev–Trinajstić information content (AvgIpc) is 2.19. The van der Waals surface area contributed by atoms with Gasteiger partial charge in [0.25, 0.3) is 0 Å². The van der Waals surface area contributed by atoms with Crippen molar-refractivity contribution in [3.63, 3.8) is 0 Å². The molecule has 1 aromatic rings. The number of anilines is 1. The van der Waals surface area contributed by atoms with Crippen LogP contribution in [0, 0.1) is 0 Å². The molecule has 13 heavy (non-hydrogen) atoms. The molecule has 70 valence electrons. The number of fused-ring (bicyclic) bond motifs is 1. The Hall–Kier alpha value is -1.06. The number of hydrazine groups is 1. The van der Waals surface area contributed by atoms with Crippen molar-refractivity contribution in [1.82, 2.24) is 0 Å². The summed E-state index contributed by atoms with van der Waals surface area (Å²) >= 11 is 0. The lowest BCUT2D eigenvalue weighted by Gasteiger charge is -2.33. The van der Waals surface area contributed by atoms with Crippen molar-refractivity contribution in [3.05, 3.63) is 29.8 Å². The molecule has 3 heteroatoms. The van der Waals surface area contributed by atoms with Crippen LogP contribution in [0.2, 0.25) is 0 Å². The fourth-order valence-corrected chi connectivity index (χ4v) is 1.81. The summed E-state index contributed by atoms with van der Waals surface area (Å²) in [6, 6.07) is 8.15. The Labute approximate surface area is 77.7 Å². The Morgan fingerprint density at radius 1 is 1.46 bits per heavy atom. The Balaban J connectivity index is 2.33. The number of aliphatic hydroxyl groups excluding tert-OH is 1. The summed E-state index contributed by atoms with van der Waals surface area (Å²) in [7, 11) is 0. The first kappa shape index (κ1) is 8.53. The second-order valence-corrected chi connectivity index (χ2v) is 3.41. The molecule has 0 spiro atoms. The van der Waals surface area contributed by atoms with Crippen molar-refractivity contribution < 1.29 is 5.11 Å². The van der Waals surface area contributed by atoms with E-state index in [0.29, 0.717) is 0 Å². The minimum Gasteiger partial charge on any atom is -0.394 e. The van der Waals surface area contributed by atoms with Crippen LogP contribution in [-0.2, 0) is 6.42 Å². The number of aryl methyl sites for hydroxylation is 1. The molecule has 2 rings (SSSR count). The van der Waals surface area contributed by atoms with Crippen molar-refractivity contribution in [1.29, 1.82) is 0 Å². The van der Waals surface area contributed by atoms with Crippen LogP contribution in [0.4, 0.5) is 5.69 Å². The van der Waals surface area contributed by atoms with Crippen LogP contribution in [0.3, 0.4) is 0 Å². The van der Waals surface area contributed by atoms with Gasteiger partial charge in [-0.3, -0.25) is 0 Å². The SMILES string of the molecule is NN1c2ccccc2CCC1CO. The van der Waals surface area contributed by atoms with Crippen LogP contribution in [-0.4, -0.2) is 17.8 Å². The largest absolute Gasteiger partial charge is 0.394 e. The second kappa shape index (κ2) is 3.36. The summed E-state index contributed by atoms with van der Waals surface area (Å²) in [4.78, 5) is 0. The maximum absolute atomic E-state index is 9.07. The molecule has 0 radical (unpaired) electrons. The van der Waals surface area contributed by atoms with Crippen LogP contribution in [0.15, 0.2) is 24.3 Å². The standard InChI is InChI=1S/C10H14N2O/c11-12-9(7-13)6-5-8-3-1-2-4-10(8)12/h1-4,9,13H,5-7,11H2. The number of hydrogen-bond donors (Lipinski definition) is 2. The number of nitrogens with two attached hydrogens (primary N) is 1. The smallest absolute Gasteiger partial charge is 0.0686 e. The third-order valence-corrected chi connectivity index (χ3v) is 2.62. The molecular weight excluding hydrogens is 164 g/mol. The first-order valence-electron chi connectivity index (χ1n) is 4.55. The maximum atomic E-state index is 9.07. The summed E-state index contributed by atoms with van der Waals surface area (Å²) < 4.78 is 0. The van der Waals surface area contributed by atoms with E-state index in [2.05, 4.69) is 6.07 Å². The predicted molar refractivity (Wildman–Crippen MR) is 52.3 cm³/mol. The zero-order valence-electron chi connectivity index (χ0n) is 7.48. The molecule has 3 nitrogen and oxygen atoms in total. The Morgan fingerprint density at radius 2 is 2.23 bits per heavy atom. The summed E-state index contributed by atoms with van der Waals surface area (Å²) in [6.07, 6.45) is 1.94. The first-order valence-corrected chi connectivity index (χ1v) is 4.55. The van der Waals surface area contributed by atoms with E-state index in [1.807, 2.05) is 18.2 Å². The molecule has 1 aromatic carbocycles. The van der Waals surface area contributed by atoms with E-state index in [9.17, 15) is 0 Å². The highest BCUT2D eigenvalue weighted by molar-refractivity contribution is 5.55. The normalized spacial score (nSPS) is 21.4. The molecule has 1 unspecified atom stereocenters. The lowest BCUT2D eigenvalue weighted by molar-refractivity contribution is 0.250. The van der Waals surface area contributed by atoms with Crippen molar-refractivity contribution in [2.75, 3.05) is 11.6 Å². The van der Waals surface area contributed by atoms with Crippen molar-refractivity contribution in [2.24, 2.45) is 5.84 Å². The molecule has 0 fully saturated rings. The predicted octanol–water partition coefficient (Wildman–Crippen LogP) is 0.674. The first-order chi connectivity index (χ1) is 6.33. The summed E-state index contributed by atoms with van der Waals surface area (Å²) in [5, 5.41) is 10.7. The van der Waals surface area contributed by atoms with E-state index < -0.39 is 0 Å². The number of benzene rings is 1. The van der Waals surface area contributed by atoms with Gasteiger partial charge in [0.2, 0.25) is 0 Å². The Morgan fingerprint density at radius 3 is 3.00 bits per heavy atom. The van der Waals surface area contributed by atoms with Crippen molar-refractivity contribution in [3.8, 4) is 0 Å². The fourth-order valence-electron chi connectivity index (χ4n) is 1.81. The van der Waals surface area contributed by atoms with Crippen LogP contribution < -0.4 is 10.9 Å². The molecular formula is C10H14N2O. The number of para-hydroxylation sites is 1. The van der Waals surface area contributed by atoms with E-state index >= 15 is 0 Å². The van der Waals surface area contributed by atoms with Crippen LogP contribution in [0.5, 0.6) is 0 Å². The molecule has 0 aliphatic carbocycles. The number of rotatable bonds is 1. The third kappa shape index (κ3) is 1.41. The van der Waals surface area contributed by atoms with Gasteiger partial charge in [0.15, 0.2) is 0 Å². The molecule has 0 amide bonds. The van der Waals surface area contributed by atoms with Crippen LogP contribution in [0.25, 0.3) is 0 Å². The van der Waals surface area contributed by atoms with Crippen LogP contribution >= 0.6 is 0 Å². The van der Waals surface area contributed by atoms with Gasteiger partial charge >= 0.3 is 0 Å². The summed E-state index contributed by atoms with van der Waals surface area (Å²) in [5.74, 6) is 5.87. The summed E-state index contributed by atoms with van der Waals surface area (Å²) in [5.41, 5.74) is 2.32. The molecule has 0 aromatic heterocycles.